The molecule has 1 aromatic heterocycles. The van der Waals surface area contributed by atoms with Crippen molar-refractivity contribution in [3.63, 3.8) is 0 Å². The molecule has 3 aliphatic heterocycles. The number of hydrogen-bond donors (Lipinski definition) is 0. The number of pyridine rings is 1. The minimum atomic E-state index is -0.438. The van der Waals surface area contributed by atoms with Crippen LogP contribution in [0.5, 0.6) is 51.7 Å². The highest BCUT2D eigenvalue weighted by molar-refractivity contribution is 6.06. The molecule has 8 rings (SSSR count). The van der Waals surface area contributed by atoms with Gasteiger partial charge in [0.25, 0.3) is 0 Å². The normalized spacial score (nSPS) is 17.0. The number of halogens is 1. The van der Waals surface area contributed by atoms with E-state index in [-0.39, 0.29) is 30.4 Å². The summed E-state index contributed by atoms with van der Waals surface area (Å²) in [5.74, 6) is 6.28. The second kappa shape index (κ2) is 19.0. The first kappa shape index (κ1) is 43.0. The minimum absolute atomic E-state index is 0. The predicted octanol–water partition coefficient (Wildman–Crippen LogP) is 9.63. The number of aromatic nitrogens is 1. The lowest BCUT2D eigenvalue weighted by Gasteiger charge is -2.37. The van der Waals surface area contributed by atoms with Gasteiger partial charge in [-0.1, -0.05) is 19.9 Å². The van der Waals surface area contributed by atoms with Gasteiger partial charge in [-0.25, -0.2) is 0 Å². The predicted molar refractivity (Wildman–Crippen MR) is 229 cm³/mol. The van der Waals surface area contributed by atoms with E-state index in [4.69, 9.17) is 42.6 Å². The summed E-state index contributed by atoms with van der Waals surface area (Å²) in [6.45, 7) is 14.8. The number of fused-ring (bicyclic) bond motifs is 7. The molecule has 59 heavy (non-hydrogen) atoms. The molecule has 0 spiro atoms. The molecule has 3 aliphatic rings. The van der Waals surface area contributed by atoms with Crippen molar-refractivity contribution in [2.24, 2.45) is 5.92 Å². The summed E-state index contributed by atoms with van der Waals surface area (Å²) in [7, 11) is 3.16. The Kier molecular flexibility index (Phi) is 13.9. The van der Waals surface area contributed by atoms with E-state index < -0.39 is 5.92 Å². The Morgan fingerprint density at radius 3 is 2.07 bits per heavy atom. The Bertz CT molecular complexity index is 2280. The molecule has 314 valence electrons. The fourth-order valence-electron chi connectivity index (χ4n) is 7.78. The third kappa shape index (κ3) is 8.76. The number of carbonyl (C=O) groups excluding carboxylic acids is 1. The zero-order valence-corrected chi connectivity index (χ0v) is 35.9. The first-order chi connectivity index (χ1) is 28.2. The molecule has 3 atom stereocenters. The number of ketones is 1. The average molecular weight is 828 g/mol. The molecule has 0 bridgehead atoms. The van der Waals surface area contributed by atoms with Gasteiger partial charge in [-0.2, -0.15) is 0 Å². The SMILES string of the molecule is CCOc1ccc(Cc2nccc3cc(OCC)c(OCC)cc23)cc1OCC.COc1cc2c(cc1OC)C1C(=O)c3ccc4c(c3OC1CO2)CC(C(C)C)O4.Cl. The minimum Gasteiger partial charge on any atom is -0.493 e. The van der Waals surface area contributed by atoms with Gasteiger partial charge < -0.3 is 42.6 Å². The molecule has 11 nitrogen and oxygen atoms in total. The maximum absolute atomic E-state index is 13.5. The van der Waals surface area contributed by atoms with Gasteiger partial charge in [-0.15, -0.1) is 12.4 Å². The van der Waals surface area contributed by atoms with Gasteiger partial charge in [0, 0.05) is 41.6 Å². The third-order valence-electron chi connectivity index (χ3n) is 10.6. The molecular weight excluding hydrogens is 774 g/mol. The average Bonchev–Trinajstić information content (AvgIpc) is 3.68. The lowest BCUT2D eigenvalue weighted by molar-refractivity contribution is 0.0554. The first-order valence-corrected chi connectivity index (χ1v) is 20.2. The van der Waals surface area contributed by atoms with Gasteiger partial charge in [0.2, 0.25) is 0 Å². The smallest absolute Gasteiger partial charge is 0.178 e. The van der Waals surface area contributed by atoms with Crippen molar-refractivity contribution in [2.75, 3.05) is 47.3 Å². The maximum Gasteiger partial charge on any atom is 0.178 e. The first-order valence-electron chi connectivity index (χ1n) is 20.2. The summed E-state index contributed by atoms with van der Waals surface area (Å²) >= 11 is 0. The summed E-state index contributed by atoms with van der Waals surface area (Å²) in [4.78, 5) is 18.2. The fourth-order valence-corrected chi connectivity index (χ4v) is 7.78. The van der Waals surface area contributed by atoms with E-state index in [2.05, 4.69) is 24.9 Å². The molecule has 0 aliphatic carbocycles. The van der Waals surface area contributed by atoms with Crippen LogP contribution in [0.4, 0.5) is 0 Å². The Morgan fingerprint density at radius 2 is 1.39 bits per heavy atom. The van der Waals surface area contributed by atoms with E-state index in [1.165, 1.54) is 0 Å². The summed E-state index contributed by atoms with van der Waals surface area (Å²) in [5, 5.41) is 2.14. The molecule has 3 unspecified atom stereocenters. The molecular formula is C47H54ClNO10. The van der Waals surface area contributed by atoms with Gasteiger partial charge in [0.1, 0.15) is 36.1 Å². The van der Waals surface area contributed by atoms with E-state index in [1.54, 1.807) is 20.3 Å². The molecule has 0 N–H and O–H groups in total. The monoisotopic (exact) mass is 827 g/mol. The number of Topliss-reactive ketones (excluding diaryl/α,β-unsaturated/α-hetero) is 1. The second-order valence-electron chi connectivity index (χ2n) is 14.5. The van der Waals surface area contributed by atoms with Crippen molar-refractivity contribution in [1.29, 1.82) is 0 Å². The molecule has 0 amide bonds. The topological polar surface area (TPSA) is 113 Å². The number of benzene rings is 4. The van der Waals surface area contributed by atoms with Crippen LogP contribution in [-0.2, 0) is 12.8 Å². The van der Waals surface area contributed by atoms with Crippen LogP contribution in [0.15, 0.2) is 66.9 Å². The Labute approximate surface area is 352 Å². The molecule has 4 aromatic carbocycles. The lowest BCUT2D eigenvalue weighted by Crippen LogP contribution is -2.43. The number of methoxy groups -OCH3 is 2. The summed E-state index contributed by atoms with van der Waals surface area (Å²) in [5.41, 5.74) is 4.47. The van der Waals surface area contributed by atoms with Crippen LogP contribution in [0.1, 0.15) is 80.2 Å². The van der Waals surface area contributed by atoms with Crippen molar-refractivity contribution in [3.8, 4) is 51.7 Å². The van der Waals surface area contributed by atoms with Crippen molar-refractivity contribution < 1.29 is 47.4 Å². The van der Waals surface area contributed by atoms with E-state index in [0.29, 0.717) is 73.9 Å². The van der Waals surface area contributed by atoms with Gasteiger partial charge >= 0.3 is 0 Å². The van der Waals surface area contributed by atoms with Crippen LogP contribution in [0.25, 0.3) is 10.8 Å². The van der Waals surface area contributed by atoms with E-state index in [9.17, 15) is 4.79 Å². The van der Waals surface area contributed by atoms with Crippen LogP contribution in [0.3, 0.4) is 0 Å². The van der Waals surface area contributed by atoms with Gasteiger partial charge in [-0.05, 0) is 93.1 Å². The highest BCUT2D eigenvalue weighted by Crippen LogP contribution is 2.50. The molecule has 4 heterocycles. The Morgan fingerprint density at radius 1 is 0.729 bits per heavy atom. The standard InChI is InChI=1S/C24H29NO4.C23H24O6.ClH/c1-5-26-21-10-9-17(14-22(21)27-6-2)13-20-19-16-24(29-8-4)23(28-7-3)15-18(19)11-12-25-20;1-11(2)16-8-14-15(28-16)6-5-12-22(24)21-13-7-18(25-3)19(26-4)9-17(13)27-10-20(21)29-23(12)14;/h9-12,14-16H,5-8,13H2,1-4H3;5-7,9,11,16,20-21H,8,10H2,1-4H3;1H. The Balaban J connectivity index is 0.000000195. The summed E-state index contributed by atoms with van der Waals surface area (Å²) in [6, 6.07) is 19.4. The van der Waals surface area contributed by atoms with Gasteiger partial charge in [0.15, 0.2) is 40.3 Å². The highest BCUT2D eigenvalue weighted by atomic mass is 35.5. The Hall–Kier alpha value is -5.55. The van der Waals surface area contributed by atoms with Crippen molar-refractivity contribution >= 4 is 29.0 Å². The quantitative estimate of drug-likeness (QED) is 0.113. The van der Waals surface area contributed by atoms with E-state index in [0.717, 1.165) is 68.3 Å². The van der Waals surface area contributed by atoms with Crippen LogP contribution >= 0.6 is 12.4 Å². The molecule has 0 saturated heterocycles. The third-order valence-corrected chi connectivity index (χ3v) is 10.6. The van der Waals surface area contributed by atoms with Crippen molar-refractivity contribution in [3.05, 3.63) is 94.8 Å². The molecule has 0 radical (unpaired) electrons. The number of nitrogens with zero attached hydrogens (tertiary/aromatic N) is 1. The number of carbonyl (C=O) groups is 1. The molecule has 5 aromatic rings. The molecule has 0 fully saturated rings. The summed E-state index contributed by atoms with van der Waals surface area (Å²) < 4.78 is 52.2. The maximum atomic E-state index is 13.5. The lowest BCUT2D eigenvalue weighted by atomic mass is 9.81. The molecule has 12 heteroatoms. The highest BCUT2D eigenvalue weighted by Gasteiger charge is 2.45. The van der Waals surface area contributed by atoms with Crippen LogP contribution in [-0.4, -0.2) is 70.2 Å². The van der Waals surface area contributed by atoms with Crippen LogP contribution < -0.4 is 42.6 Å². The zero-order chi connectivity index (χ0) is 40.9. The van der Waals surface area contributed by atoms with Gasteiger partial charge in [-0.3, -0.25) is 9.78 Å². The molecule has 0 saturated carbocycles. The number of hydrogen-bond acceptors (Lipinski definition) is 11. The summed E-state index contributed by atoms with van der Waals surface area (Å²) in [6.07, 6.45) is 3.00. The number of rotatable bonds is 13. The van der Waals surface area contributed by atoms with E-state index in [1.807, 2.05) is 82.4 Å². The van der Waals surface area contributed by atoms with E-state index >= 15 is 0 Å². The van der Waals surface area contributed by atoms with Crippen LogP contribution in [0.2, 0.25) is 0 Å². The zero-order valence-electron chi connectivity index (χ0n) is 35.0. The largest absolute Gasteiger partial charge is 0.493 e. The van der Waals surface area contributed by atoms with Crippen LogP contribution in [0, 0.1) is 5.92 Å². The number of ether oxygens (including phenoxy) is 9. The van der Waals surface area contributed by atoms with Gasteiger partial charge in [0.05, 0.1) is 57.8 Å². The second-order valence-corrected chi connectivity index (χ2v) is 14.5. The van der Waals surface area contributed by atoms with Crippen molar-refractivity contribution in [2.45, 2.75) is 72.5 Å². The van der Waals surface area contributed by atoms with Crippen molar-refractivity contribution in [1.82, 2.24) is 4.98 Å². The fraction of sp³-hybridized carbons (Fsp3) is 0.404.